The second-order valence-electron chi connectivity index (χ2n) is 16.5. The molecule has 2 unspecified atom stereocenters. The summed E-state index contributed by atoms with van der Waals surface area (Å²) < 4.78 is 2.43. The van der Waals surface area contributed by atoms with E-state index in [0.29, 0.717) is 5.41 Å². The number of anilines is 3. The Morgan fingerprint density at radius 3 is 2.02 bits per heavy atom. The van der Waals surface area contributed by atoms with Crippen molar-refractivity contribution in [2.24, 2.45) is 23.7 Å². The molecule has 0 spiro atoms. The lowest BCUT2D eigenvalue weighted by atomic mass is 9.63. The fourth-order valence-corrected chi connectivity index (χ4v) is 11.1. The molecule has 3 saturated carbocycles. The number of hydrogen-bond acceptors (Lipinski definition) is 1. The third kappa shape index (κ3) is 4.99. The molecule has 0 N–H and O–H groups in total. The zero-order chi connectivity index (χ0) is 35.1. The minimum Gasteiger partial charge on any atom is -0.311 e. The lowest BCUT2D eigenvalue weighted by molar-refractivity contribution is 0.0780. The third-order valence-corrected chi connectivity index (χ3v) is 13.4. The van der Waals surface area contributed by atoms with Crippen molar-refractivity contribution in [2.75, 3.05) is 4.90 Å². The highest BCUT2D eigenvalue weighted by Crippen LogP contribution is 2.65. The number of fused-ring (bicyclic) bond motifs is 5. The molecule has 0 amide bonds. The molecule has 3 aliphatic rings. The maximum absolute atomic E-state index is 2.51. The van der Waals surface area contributed by atoms with Crippen molar-refractivity contribution in [3.63, 3.8) is 0 Å². The average molecular weight is 685 g/mol. The number of hydrogen-bond donors (Lipinski definition) is 0. The van der Waals surface area contributed by atoms with Crippen LogP contribution in [0, 0.1) is 23.7 Å². The van der Waals surface area contributed by atoms with E-state index in [1.807, 2.05) is 0 Å². The van der Waals surface area contributed by atoms with Crippen LogP contribution in [-0.2, 0) is 5.41 Å². The molecular weight excluding hydrogens is 641 g/mol. The average Bonchev–Trinajstić information content (AvgIpc) is 3.64. The second kappa shape index (κ2) is 12.0. The van der Waals surface area contributed by atoms with Gasteiger partial charge in [0.2, 0.25) is 0 Å². The first-order chi connectivity index (χ1) is 26.1. The zero-order valence-electron chi connectivity index (χ0n) is 30.3. The standard InChI is InChI=1S/C51H44N2/c1-34-26-39-27-40-32-51(31-34,33-48(39)40)41-20-24-44(25-21-41)52(42-13-3-2-4-14-42)43-22-18-35(19-23-43)36-12-9-15-45(28-36)53-49-17-8-7-16-46(49)47-29-37-10-5-6-11-38(37)30-50(47)53/h2-25,28-30,34,39-40,48H,26-27,31-33H2,1H3/t34-,39-,40-,48?,51?/m0/s1. The van der Waals surface area contributed by atoms with Gasteiger partial charge in [0.1, 0.15) is 0 Å². The topological polar surface area (TPSA) is 8.17 Å². The van der Waals surface area contributed by atoms with Crippen molar-refractivity contribution in [1.29, 1.82) is 0 Å². The Hall–Kier alpha value is -5.60. The molecule has 7 aromatic carbocycles. The maximum atomic E-state index is 2.51. The van der Waals surface area contributed by atoms with Gasteiger partial charge in [0.25, 0.3) is 0 Å². The zero-order valence-corrected chi connectivity index (χ0v) is 30.3. The summed E-state index contributed by atoms with van der Waals surface area (Å²) in [6, 6.07) is 60.9. The lowest BCUT2D eigenvalue weighted by Gasteiger charge is -2.42. The molecule has 2 bridgehead atoms. The van der Waals surface area contributed by atoms with Crippen molar-refractivity contribution in [3.05, 3.63) is 169 Å². The van der Waals surface area contributed by atoms with E-state index >= 15 is 0 Å². The highest BCUT2D eigenvalue weighted by Gasteiger charge is 2.57. The minimum atomic E-state index is 0.374. The Labute approximate surface area is 312 Å². The molecule has 1 heterocycles. The van der Waals surface area contributed by atoms with Gasteiger partial charge in [0.05, 0.1) is 11.0 Å². The van der Waals surface area contributed by atoms with Crippen LogP contribution in [0.5, 0.6) is 0 Å². The van der Waals surface area contributed by atoms with Gasteiger partial charge in [0.15, 0.2) is 0 Å². The van der Waals surface area contributed by atoms with Gasteiger partial charge in [-0.3, -0.25) is 0 Å². The fraction of sp³-hybridized carbons (Fsp3) is 0.216. The van der Waals surface area contributed by atoms with Gasteiger partial charge in [-0.2, -0.15) is 0 Å². The van der Waals surface area contributed by atoms with Crippen LogP contribution in [-0.4, -0.2) is 4.57 Å². The predicted octanol–water partition coefficient (Wildman–Crippen LogP) is 13.8. The molecule has 8 aromatic rings. The van der Waals surface area contributed by atoms with Crippen molar-refractivity contribution in [2.45, 2.75) is 44.4 Å². The molecule has 1 aromatic heterocycles. The molecule has 2 nitrogen and oxygen atoms in total. The molecule has 3 aliphatic carbocycles. The maximum Gasteiger partial charge on any atom is 0.0547 e. The molecule has 258 valence electrons. The van der Waals surface area contributed by atoms with Crippen molar-refractivity contribution >= 4 is 49.6 Å². The van der Waals surface area contributed by atoms with Crippen LogP contribution in [0.25, 0.3) is 49.4 Å². The van der Waals surface area contributed by atoms with Crippen LogP contribution in [0.4, 0.5) is 17.1 Å². The van der Waals surface area contributed by atoms with Gasteiger partial charge in [-0.15, -0.1) is 0 Å². The van der Waals surface area contributed by atoms with Crippen molar-refractivity contribution in [3.8, 4) is 16.8 Å². The van der Waals surface area contributed by atoms with E-state index in [0.717, 1.165) is 23.7 Å². The first kappa shape index (κ1) is 31.0. The van der Waals surface area contributed by atoms with E-state index in [2.05, 4.69) is 180 Å². The SMILES string of the molecule is C[C@H]1C[C@H]2C[C@H]3CC(c4ccc(N(c5ccccc5)c5ccc(-c6cccc(-n7c8ccccc8c8cc9ccccc9cc87)c6)cc5)cc4)(CC23)C1. The van der Waals surface area contributed by atoms with Crippen LogP contribution in [0.2, 0.25) is 0 Å². The van der Waals surface area contributed by atoms with E-state index in [4.69, 9.17) is 0 Å². The number of rotatable bonds is 6. The summed E-state index contributed by atoms with van der Waals surface area (Å²) in [5.74, 6) is 3.76. The fourth-order valence-electron chi connectivity index (χ4n) is 11.1. The quantitative estimate of drug-likeness (QED) is 0.169. The number of aromatic nitrogens is 1. The first-order valence-corrected chi connectivity index (χ1v) is 19.7. The smallest absolute Gasteiger partial charge is 0.0547 e. The monoisotopic (exact) mass is 684 g/mol. The predicted molar refractivity (Wildman–Crippen MR) is 223 cm³/mol. The Morgan fingerprint density at radius 2 is 1.21 bits per heavy atom. The normalized spacial score (nSPS) is 23.3. The molecule has 3 fully saturated rings. The van der Waals surface area contributed by atoms with Crippen LogP contribution < -0.4 is 4.90 Å². The summed E-state index contributed by atoms with van der Waals surface area (Å²) in [4.78, 5) is 2.41. The summed E-state index contributed by atoms with van der Waals surface area (Å²) in [5.41, 5.74) is 11.6. The largest absolute Gasteiger partial charge is 0.311 e. The minimum absolute atomic E-state index is 0.374. The summed E-state index contributed by atoms with van der Waals surface area (Å²) in [7, 11) is 0. The lowest BCUT2D eigenvalue weighted by Crippen LogP contribution is -2.34. The van der Waals surface area contributed by atoms with Gasteiger partial charge < -0.3 is 9.47 Å². The Morgan fingerprint density at radius 1 is 0.509 bits per heavy atom. The van der Waals surface area contributed by atoms with Crippen LogP contribution in [0.3, 0.4) is 0 Å². The molecule has 2 heteroatoms. The van der Waals surface area contributed by atoms with Gasteiger partial charge in [-0.1, -0.05) is 104 Å². The summed E-state index contributed by atoms with van der Waals surface area (Å²) in [6.07, 6.45) is 7.09. The number of nitrogens with zero attached hydrogens (tertiary/aromatic N) is 2. The summed E-state index contributed by atoms with van der Waals surface area (Å²) in [5, 5.41) is 5.10. The van der Waals surface area contributed by atoms with E-state index in [1.54, 1.807) is 5.56 Å². The summed E-state index contributed by atoms with van der Waals surface area (Å²) in [6.45, 7) is 2.51. The van der Waals surface area contributed by atoms with Gasteiger partial charge in [-0.25, -0.2) is 0 Å². The number of para-hydroxylation sites is 2. The van der Waals surface area contributed by atoms with E-state index in [-0.39, 0.29) is 0 Å². The van der Waals surface area contributed by atoms with E-state index in [9.17, 15) is 0 Å². The molecule has 0 radical (unpaired) electrons. The highest BCUT2D eigenvalue weighted by atomic mass is 15.1. The molecule has 0 saturated heterocycles. The van der Waals surface area contributed by atoms with Crippen molar-refractivity contribution < 1.29 is 0 Å². The summed E-state index contributed by atoms with van der Waals surface area (Å²) >= 11 is 0. The number of benzene rings is 7. The molecule has 53 heavy (non-hydrogen) atoms. The van der Waals surface area contributed by atoms with Gasteiger partial charge in [0, 0.05) is 33.5 Å². The molecular formula is C51H44N2. The highest BCUT2D eigenvalue weighted by molar-refractivity contribution is 6.13. The Balaban J connectivity index is 0.948. The van der Waals surface area contributed by atoms with Gasteiger partial charge >= 0.3 is 0 Å². The van der Waals surface area contributed by atoms with Crippen molar-refractivity contribution in [1.82, 2.24) is 4.57 Å². The van der Waals surface area contributed by atoms with Crippen LogP contribution in [0.1, 0.15) is 44.6 Å². The first-order valence-electron chi connectivity index (χ1n) is 19.7. The second-order valence-corrected chi connectivity index (χ2v) is 16.5. The van der Waals surface area contributed by atoms with E-state index < -0.39 is 0 Å². The molecule has 5 atom stereocenters. The Kier molecular flexibility index (Phi) is 6.99. The van der Waals surface area contributed by atoms with Gasteiger partial charge in [-0.05, 0) is 155 Å². The van der Waals surface area contributed by atoms with E-state index in [1.165, 1.54) is 98.6 Å². The van der Waals surface area contributed by atoms with Crippen LogP contribution in [0.15, 0.2) is 164 Å². The third-order valence-electron chi connectivity index (χ3n) is 13.4. The Bertz CT molecular complexity index is 2630. The molecule has 0 aliphatic heterocycles. The molecule has 11 rings (SSSR count). The van der Waals surface area contributed by atoms with Crippen LogP contribution >= 0.6 is 0 Å².